The van der Waals surface area contributed by atoms with Crippen LogP contribution in [0.3, 0.4) is 0 Å². The number of nitrogens with zero attached hydrogens (tertiary/aromatic N) is 2. The molecule has 176 valence electrons. The predicted octanol–water partition coefficient (Wildman–Crippen LogP) is -1.29. The molecule has 3 rings (SSSR count). The minimum absolute atomic E-state index is 0.00593. The molecule has 1 N–H and O–H groups in total. The highest BCUT2D eigenvalue weighted by Gasteiger charge is 2.39. The van der Waals surface area contributed by atoms with E-state index in [0.29, 0.717) is 18.9 Å². The van der Waals surface area contributed by atoms with Crippen LogP contribution < -0.4 is 0 Å². The lowest BCUT2D eigenvalue weighted by Crippen LogP contribution is -2.30. The van der Waals surface area contributed by atoms with Crippen molar-refractivity contribution in [3.63, 3.8) is 0 Å². The van der Waals surface area contributed by atoms with E-state index >= 15 is 0 Å². The lowest BCUT2D eigenvalue weighted by Gasteiger charge is -2.25. The van der Waals surface area contributed by atoms with Gasteiger partial charge in [-0.15, -0.1) is 0 Å². The molecule has 0 saturated carbocycles. The standard InChI is InChI=1S/C16H32B4N2O8P2/c1-10-21-4-5-22(10)32(23,24)27-9-14-12(7-16(20-18)29-14)30-31(3)26-8-13-11(25-2)6-15(19-17)28-13/h4-5,11-16,19-20H,6-9,17-18H2,1-3H3,(H,23,24). The molecule has 0 amide bonds. The summed E-state index contributed by atoms with van der Waals surface area (Å²) in [6.07, 6.45) is 3.60. The van der Waals surface area contributed by atoms with Gasteiger partial charge < -0.3 is 28.2 Å². The van der Waals surface area contributed by atoms with E-state index in [2.05, 4.69) is 12.7 Å². The third-order valence-electron chi connectivity index (χ3n) is 5.95. The van der Waals surface area contributed by atoms with Crippen LogP contribution in [-0.4, -0.2) is 107 Å². The van der Waals surface area contributed by atoms with Crippen molar-refractivity contribution < 1.29 is 37.2 Å². The van der Waals surface area contributed by atoms with E-state index < -0.39 is 22.2 Å². The van der Waals surface area contributed by atoms with Gasteiger partial charge in [0.2, 0.25) is 0 Å². The molecule has 8 unspecified atom stereocenters. The van der Waals surface area contributed by atoms with Crippen molar-refractivity contribution in [1.82, 2.24) is 9.32 Å². The zero-order valence-corrected chi connectivity index (χ0v) is 21.2. The highest BCUT2D eigenvalue weighted by atomic mass is 31.2. The maximum absolute atomic E-state index is 12.6. The van der Waals surface area contributed by atoms with Gasteiger partial charge in [0.1, 0.15) is 32.4 Å². The van der Waals surface area contributed by atoms with E-state index in [1.807, 2.05) is 14.4 Å². The average Bonchev–Trinajstić information content (AvgIpc) is 3.48. The fourth-order valence-corrected chi connectivity index (χ4v) is 6.18. The molecule has 2 saturated heterocycles. The Balaban J connectivity index is 1.52. The maximum Gasteiger partial charge on any atom is 0.437 e. The van der Waals surface area contributed by atoms with E-state index in [4.69, 9.17) is 27.8 Å². The Morgan fingerprint density at radius 3 is 2.44 bits per heavy atom. The molecule has 10 nitrogen and oxygen atoms in total. The van der Waals surface area contributed by atoms with Gasteiger partial charge in [0.15, 0.2) is 8.38 Å². The molecule has 16 heteroatoms. The monoisotopic (exact) mass is 486 g/mol. The van der Waals surface area contributed by atoms with E-state index in [1.165, 1.54) is 12.4 Å². The minimum atomic E-state index is -4.06. The SMILES string of the molecule is BBC1CC(OC)C(COP(C)OC2CC(BB)OC2COP(=O)(O)n2ccnc2C)O1. The lowest BCUT2D eigenvalue weighted by atomic mass is 9.51. The molecular weight excluding hydrogens is 453 g/mol. The first kappa shape index (κ1) is 26.5. The molecule has 0 radical (unpaired) electrons. The number of methoxy groups -OCH3 is 1. The smallest absolute Gasteiger partial charge is 0.379 e. The first-order valence-corrected chi connectivity index (χ1v) is 14.3. The maximum atomic E-state index is 12.6. The normalized spacial score (nSPS) is 33.1. The van der Waals surface area contributed by atoms with Crippen molar-refractivity contribution in [1.29, 1.82) is 0 Å². The summed E-state index contributed by atoms with van der Waals surface area (Å²) in [7, 11) is 2.34. The van der Waals surface area contributed by atoms with Crippen LogP contribution in [0.5, 0.6) is 0 Å². The Morgan fingerprint density at radius 2 is 1.88 bits per heavy atom. The van der Waals surface area contributed by atoms with Gasteiger partial charge in [-0.05, 0) is 19.8 Å². The van der Waals surface area contributed by atoms with Crippen molar-refractivity contribution in [2.24, 2.45) is 0 Å². The third kappa shape index (κ3) is 6.71. The number of hydrogen-bond acceptors (Lipinski definition) is 8. The quantitative estimate of drug-likeness (QED) is 0.286. The van der Waals surface area contributed by atoms with Crippen molar-refractivity contribution in [2.75, 3.05) is 27.0 Å². The Labute approximate surface area is 194 Å². The van der Waals surface area contributed by atoms with Gasteiger partial charge in [-0.1, -0.05) is 0 Å². The zero-order chi connectivity index (χ0) is 23.3. The molecular formula is C16H32B4N2O8P2. The zero-order valence-electron chi connectivity index (χ0n) is 19.5. The molecule has 8 atom stereocenters. The van der Waals surface area contributed by atoms with Crippen molar-refractivity contribution in [3.05, 3.63) is 18.2 Å². The second-order valence-electron chi connectivity index (χ2n) is 8.14. The van der Waals surface area contributed by atoms with Crippen LogP contribution in [0.4, 0.5) is 0 Å². The second-order valence-corrected chi connectivity index (χ2v) is 11.2. The van der Waals surface area contributed by atoms with Gasteiger partial charge in [0.05, 0.1) is 40.9 Å². The van der Waals surface area contributed by atoms with Crippen LogP contribution in [0.25, 0.3) is 0 Å². The summed E-state index contributed by atoms with van der Waals surface area (Å²) < 4.78 is 48.8. The second kappa shape index (κ2) is 12.0. The Hall–Kier alpha value is -0.150. The molecule has 0 bridgehead atoms. The minimum Gasteiger partial charge on any atom is -0.379 e. The molecule has 1 aromatic rings. The molecule has 2 aliphatic rings. The van der Waals surface area contributed by atoms with E-state index in [-0.39, 0.29) is 36.9 Å². The summed E-state index contributed by atoms with van der Waals surface area (Å²) in [4.78, 5) is 14.3. The molecule has 3 heterocycles. The summed E-state index contributed by atoms with van der Waals surface area (Å²) in [5.74, 6) is 0.404. The topological polar surface area (TPSA) is 110 Å². The van der Waals surface area contributed by atoms with Crippen LogP contribution >= 0.6 is 16.1 Å². The summed E-state index contributed by atoms with van der Waals surface area (Å²) in [6, 6.07) is 0.201. The van der Waals surface area contributed by atoms with Gasteiger partial charge in [-0.25, -0.2) is 13.9 Å². The molecule has 32 heavy (non-hydrogen) atoms. The van der Waals surface area contributed by atoms with Gasteiger partial charge in [-0.2, -0.15) is 0 Å². The Morgan fingerprint density at radius 1 is 1.25 bits per heavy atom. The number of rotatable bonds is 12. The molecule has 2 aliphatic heterocycles. The number of hydrogen-bond donors (Lipinski definition) is 1. The van der Waals surface area contributed by atoms with Crippen LogP contribution in [-0.2, 0) is 32.3 Å². The Kier molecular flexibility index (Phi) is 9.92. The van der Waals surface area contributed by atoms with Crippen LogP contribution in [0.15, 0.2) is 12.4 Å². The van der Waals surface area contributed by atoms with E-state index in [1.54, 1.807) is 14.0 Å². The van der Waals surface area contributed by atoms with Crippen LogP contribution in [0, 0.1) is 6.92 Å². The highest BCUT2D eigenvalue weighted by Crippen LogP contribution is 2.46. The van der Waals surface area contributed by atoms with Crippen molar-refractivity contribution in [3.8, 4) is 0 Å². The number of ether oxygens (including phenoxy) is 3. The fraction of sp³-hybridized carbons (Fsp3) is 0.812. The van der Waals surface area contributed by atoms with Crippen LogP contribution in [0.2, 0.25) is 0 Å². The number of imidazole rings is 1. The molecule has 0 aliphatic carbocycles. The summed E-state index contributed by atoms with van der Waals surface area (Å²) in [5.41, 5.74) is 0. The first-order chi connectivity index (χ1) is 15.3. The average molecular weight is 486 g/mol. The van der Waals surface area contributed by atoms with Crippen molar-refractivity contribution >= 4 is 45.9 Å². The predicted molar refractivity (Wildman–Crippen MR) is 131 cm³/mol. The first-order valence-electron chi connectivity index (χ1n) is 11.1. The fourth-order valence-electron chi connectivity index (χ4n) is 4.05. The summed E-state index contributed by atoms with van der Waals surface area (Å²) in [6.45, 7) is 3.87. The number of aromatic nitrogens is 2. The van der Waals surface area contributed by atoms with E-state index in [0.717, 1.165) is 25.1 Å². The van der Waals surface area contributed by atoms with E-state index in [9.17, 15) is 9.46 Å². The summed E-state index contributed by atoms with van der Waals surface area (Å²) >= 11 is 0. The largest absolute Gasteiger partial charge is 0.437 e. The molecule has 0 spiro atoms. The molecule has 0 aromatic carbocycles. The molecule has 2 fully saturated rings. The van der Waals surface area contributed by atoms with Gasteiger partial charge in [0.25, 0.3) is 0 Å². The number of aryl methyl sites for hydroxylation is 1. The molecule has 1 aromatic heterocycles. The summed E-state index contributed by atoms with van der Waals surface area (Å²) in [5, 5.41) is 0. The van der Waals surface area contributed by atoms with Crippen molar-refractivity contribution in [2.45, 2.75) is 56.2 Å². The van der Waals surface area contributed by atoms with Gasteiger partial charge in [-0.3, -0.25) is 4.52 Å². The third-order valence-corrected chi connectivity index (χ3v) is 8.49. The van der Waals surface area contributed by atoms with Gasteiger partial charge in [0, 0.05) is 38.2 Å². The van der Waals surface area contributed by atoms with Gasteiger partial charge >= 0.3 is 7.75 Å². The van der Waals surface area contributed by atoms with Crippen LogP contribution in [0.1, 0.15) is 18.7 Å². The lowest BCUT2D eigenvalue weighted by molar-refractivity contribution is -0.0201. The Bertz CT molecular complexity index is 780. The highest BCUT2D eigenvalue weighted by molar-refractivity contribution is 7.51.